The Morgan fingerprint density at radius 1 is 0.608 bits per heavy atom. The van der Waals surface area contributed by atoms with E-state index in [1.54, 1.807) is 5.56 Å². The zero-order valence-electron chi connectivity index (χ0n) is 32.5. The number of aryl methyl sites for hydroxylation is 2. The zero-order chi connectivity index (χ0) is 35.8. The molecule has 0 aromatic heterocycles. The third-order valence-electron chi connectivity index (χ3n) is 13.4. The molecule has 3 aliphatic heterocycles. The summed E-state index contributed by atoms with van der Waals surface area (Å²) in [4.78, 5) is 5.51. The standard InChI is InChI=1S/C48H53BN2/c1-30-24-36-44-38(25-30)49-37-20-18-34(46(6,7)8)29-40(37)50(39-21-19-33(45(3,4)5)28-35(39)32-16-12-11-13-17-32)41-26-31(2)27-42(43(41)49)51(44)48(10)23-15-14-22-47(36,48)9/h11-13,16-21,24-29H,14-15,22-23H2,1-10H3. The van der Waals surface area contributed by atoms with Crippen LogP contribution in [-0.2, 0) is 16.2 Å². The van der Waals surface area contributed by atoms with Crippen LogP contribution in [0, 0.1) is 13.8 Å². The van der Waals surface area contributed by atoms with Crippen molar-refractivity contribution in [3.63, 3.8) is 0 Å². The second-order valence-corrected chi connectivity index (χ2v) is 18.8. The normalized spacial score (nSPS) is 21.6. The van der Waals surface area contributed by atoms with Crippen molar-refractivity contribution < 1.29 is 0 Å². The third kappa shape index (κ3) is 4.49. The minimum Gasteiger partial charge on any atom is -0.335 e. The maximum Gasteiger partial charge on any atom is 0.252 e. The molecule has 9 rings (SSSR count). The van der Waals surface area contributed by atoms with Crippen LogP contribution in [0.3, 0.4) is 0 Å². The van der Waals surface area contributed by atoms with E-state index in [9.17, 15) is 0 Å². The van der Waals surface area contributed by atoms with Gasteiger partial charge in [-0.2, -0.15) is 0 Å². The molecule has 5 aromatic rings. The molecular weight excluding hydrogens is 615 g/mol. The average molecular weight is 669 g/mol. The fourth-order valence-electron chi connectivity index (χ4n) is 10.4. The molecule has 0 spiro atoms. The Morgan fingerprint density at radius 2 is 1.25 bits per heavy atom. The Kier molecular flexibility index (Phi) is 6.82. The summed E-state index contributed by atoms with van der Waals surface area (Å²) in [5, 5.41) is 0. The first kappa shape index (κ1) is 32.7. The van der Waals surface area contributed by atoms with Crippen LogP contribution in [0.15, 0.2) is 91.0 Å². The lowest BCUT2D eigenvalue weighted by atomic mass is 9.33. The van der Waals surface area contributed by atoms with Gasteiger partial charge in [-0.15, -0.1) is 0 Å². The van der Waals surface area contributed by atoms with E-state index < -0.39 is 0 Å². The maximum absolute atomic E-state index is 2.85. The molecule has 2 nitrogen and oxygen atoms in total. The summed E-state index contributed by atoms with van der Waals surface area (Å²) >= 11 is 0. The highest BCUT2D eigenvalue weighted by molar-refractivity contribution is 7.00. The SMILES string of the molecule is Cc1cc2c3c(c1)N1c4c(cc(C)cc4C4(C)CCCCC14C)B3c1ccc(C(C)(C)C)cc1N2c1ccc(C(C)(C)C)cc1-c1ccccc1. The predicted molar refractivity (Wildman–Crippen MR) is 221 cm³/mol. The van der Waals surface area contributed by atoms with E-state index >= 15 is 0 Å². The molecule has 0 bridgehead atoms. The maximum atomic E-state index is 2.85. The van der Waals surface area contributed by atoms with Crippen LogP contribution >= 0.6 is 0 Å². The average Bonchev–Trinajstić information content (AvgIpc) is 3.29. The van der Waals surface area contributed by atoms with Crippen LogP contribution in [-0.4, -0.2) is 12.3 Å². The van der Waals surface area contributed by atoms with Gasteiger partial charge in [-0.05, 0) is 119 Å². The highest BCUT2D eigenvalue weighted by Gasteiger charge is 2.61. The van der Waals surface area contributed by atoms with Gasteiger partial charge < -0.3 is 9.80 Å². The molecule has 3 heterocycles. The summed E-state index contributed by atoms with van der Waals surface area (Å²) in [6.07, 6.45) is 5.04. The fraction of sp³-hybridized carbons (Fsp3) is 0.375. The number of benzene rings is 5. The van der Waals surface area contributed by atoms with Crippen molar-refractivity contribution in [2.24, 2.45) is 0 Å². The van der Waals surface area contributed by atoms with E-state index in [1.165, 1.54) is 104 Å². The van der Waals surface area contributed by atoms with Crippen molar-refractivity contribution in [3.8, 4) is 11.1 Å². The fourth-order valence-corrected chi connectivity index (χ4v) is 10.4. The van der Waals surface area contributed by atoms with Crippen molar-refractivity contribution in [2.75, 3.05) is 9.80 Å². The lowest BCUT2D eigenvalue weighted by Gasteiger charge is -2.53. The van der Waals surface area contributed by atoms with Gasteiger partial charge in [-0.3, -0.25) is 0 Å². The molecule has 0 radical (unpaired) electrons. The van der Waals surface area contributed by atoms with E-state index in [-0.39, 0.29) is 28.5 Å². The van der Waals surface area contributed by atoms with Gasteiger partial charge in [0, 0.05) is 33.7 Å². The lowest BCUT2D eigenvalue weighted by molar-refractivity contribution is 0.195. The van der Waals surface area contributed by atoms with Gasteiger partial charge in [0.25, 0.3) is 6.71 Å². The van der Waals surface area contributed by atoms with Crippen molar-refractivity contribution in [2.45, 2.75) is 117 Å². The highest BCUT2D eigenvalue weighted by atomic mass is 15.3. The Morgan fingerprint density at radius 3 is 1.98 bits per heavy atom. The highest BCUT2D eigenvalue weighted by Crippen LogP contribution is 2.62. The molecule has 0 N–H and O–H groups in total. The van der Waals surface area contributed by atoms with Crippen LogP contribution in [0.4, 0.5) is 28.4 Å². The van der Waals surface area contributed by atoms with Gasteiger partial charge in [-0.1, -0.05) is 128 Å². The van der Waals surface area contributed by atoms with E-state index in [0.717, 1.165) is 0 Å². The van der Waals surface area contributed by atoms with Crippen LogP contribution in [0.2, 0.25) is 0 Å². The van der Waals surface area contributed by atoms with Crippen molar-refractivity contribution in [1.82, 2.24) is 0 Å². The first-order chi connectivity index (χ1) is 24.1. The Balaban J connectivity index is 1.41. The van der Waals surface area contributed by atoms with Gasteiger partial charge in [0.2, 0.25) is 0 Å². The molecule has 1 saturated carbocycles. The van der Waals surface area contributed by atoms with E-state index in [1.807, 2.05) is 0 Å². The molecule has 0 amide bonds. The molecule has 3 heteroatoms. The van der Waals surface area contributed by atoms with Crippen LogP contribution < -0.4 is 26.2 Å². The Labute approximate surface area is 307 Å². The molecule has 2 atom stereocenters. The summed E-state index contributed by atoms with van der Waals surface area (Å²) < 4.78 is 0. The van der Waals surface area contributed by atoms with Gasteiger partial charge in [0.1, 0.15) is 0 Å². The molecule has 4 aliphatic rings. The number of anilines is 5. The quantitative estimate of drug-likeness (QED) is 0.170. The first-order valence-corrected chi connectivity index (χ1v) is 19.4. The summed E-state index contributed by atoms with van der Waals surface area (Å²) in [6.45, 7) is 24.0. The molecule has 1 aliphatic carbocycles. The van der Waals surface area contributed by atoms with Crippen molar-refractivity contribution >= 4 is 51.5 Å². The largest absolute Gasteiger partial charge is 0.335 e. The number of rotatable bonds is 2. The molecule has 2 unspecified atom stereocenters. The topological polar surface area (TPSA) is 6.48 Å². The first-order valence-electron chi connectivity index (χ1n) is 19.4. The van der Waals surface area contributed by atoms with Crippen molar-refractivity contribution in [1.29, 1.82) is 0 Å². The monoisotopic (exact) mass is 668 g/mol. The van der Waals surface area contributed by atoms with E-state index in [4.69, 9.17) is 0 Å². The second kappa shape index (κ2) is 10.7. The van der Waals surface area contributed by atoms with E-state index in [2.05, 4.69) is 170 Å². The molecule has 5 aromatic carbocycles. The Hall–Kier alpha value is -4.24. The van der Waals surface area contributed by atoms with Crippen molar-refractivity contribution in [3.05, 3.63) is 119 Å². The number of hydrogen-bond acceptors (Lipinski definition) is 2. The zero-order valence-corrected chi connectivity index (χ0v) is 32.5. The van der Waals surface area contributed by atoms with Gasteiger partial charge in [0.15, 0.2) is 0 Å². The summed E-state index contributed by atoms with van der Waals surface area (Å²) in [7, 11) is 0. The summed E-state index contributed by atoms with van der Waals surface area (Å²) in [5.74, 6) is 0. The van der Waals surface area contributed by atoms with Crippen LogP contribution in [0.25, 0.3) is 11.1 Å². The summed E-state index contributed by atoms with van der Waals surface area (Å²) in [6, 6.07) is 35.9. The molecule has 258 valence electrons. The number of fused-ring (bicyclic) bond motifs is 7. The second-order valence-electron chi connectivity index (χ2n) is 18.8. The molecule has 51 heavy (non-hydrogen) atoms. The van der Waals surface area contributed by atoms with Gasteiger partial charge >= 0.3 is 0 Å². The minimum absolute atomic E-state index is 0.0178. The Bertz CT molecular complexity index is 2250. The summed E-state index contributed by atoms with van der Waals surface area (Å²) in [5.41, 5.74) is 20.9. The van der Waals surface area contributed by atoms with Crippen LogP contribution in [0.5, 0.6) is 0 Å². The predicted octanol–water partition coefficient (Wildman–Crippen LogP) is 10.9. The molecular formula is C48H53BN2. The lowest BCUT2D eigenvalue weighted by Crippen LogP contribution is -2.64. The number of hydrogen-bond donors (Lipinski definition) is 0. The molecule has 0 saturated heterocycles. The van der Waals surface area contributed by atoms with Gasteiger partial charge in [0.05, 0.1) is 11.2 Å². The van der Waals surface area contributed by atoms with E-state index in [0.29, 0.717) is 0 Å². The van der Waals surface area contributed by atoms with Crippen LogP contribution in [0.1, 0.15) is 109 Å². The number of nitrogens with zero attached hydrogens (tertiary/aromatic N) is 2. The third-order valence-corrected chi connectivity index (χ3v) is 13.4. The smallest absolute Gasteiger partial charge is 0.252 e. The van der Waals surface area contributed by atoms with Gasteiger partial charge in [-0.25, -0.2) is 0 Å². The molecule has 1 fully saturated rings. The minimum atomic E-state index is 0.0178.